The van der Waals surface area contributed by atoms with Crippen molar-refractivity contribution in [3.05, 3.63) is 12.2 Å². The summed E-state index contributed by atoms with van der Waals surface area (Å²) < 4.78 is 0. The molecule has 1 nitrogen and oxygen atoms in total. The molecule has 1 unspecified atom stereocenters. The van der Waals surface area contributed by atoms with Crippen LogP contribution in [0.5, 0.6) is 0 Å². The number of unbranched alkanes of at least 4 members (excludes halogenated alkanes) is 30. The summed E-state index contributed by atoms with van der Waals surface area (Å²) in [6.45, 7) is 5.87. The third-order valence-corrected chi connectivity index (χ3v) is 10.6. The predicted octanol–water partition coefficient (Wildman–Crippen LogP) is 16.2. The van der Waals surface area contributed by atoms with Crippen LogP contribution >= 0.6 is 0 Å². The fourth-order valence-electron chi connectivity index (χ4n) is 7.31. The minimum Gasteiger partial charge on any atom is -0.309 e. The topological polar surface area (TPSA) is 3.24 Å². The van der Waals surface area contributed by atoms with Crippen LogP contribution in [0.4, 0.5) is 0 Å². The Bertz CT molecular complexity index is 551. The molecule has 0 N–H and O–H groups in total. The van der Waals surface area contributed by atoms with E-state index in [1.807, 2.05) is 0 Å². The molecule has 46 heavy (non-hydrogen) atoms. The third-order valence-electron chi connectivity index (χ3n) is 10.6. The van der Waals surface area contributed by atoms with Gasteiger partial charge in [0.15, 0.2) is 0 Å². The highest BCUT2D eigenvalue weighted by Gasteiger charge is 2.09. The molecule has 0 aliphatic heterocycles. The van der Waals surface area contributed by atoms with Crippen LogP contribution in [0.1, 0.15) is 251 Å². The van der Waals surface area contributed by atoms with E-state index in [9.17, 15) is 0 Å². The molecule has 0 saturated heterocycles. The Morgan fingerprint density at radius 3 is 0.935 bits per heavy atom. The standard InChI is InChI=1S/C45H91N/c1-5-7-9-11-13-15-17-19-21-23-25-27-29-31-33-37-41-45(43-39-35-36-40-44-46(3)4)42-38-34-32-30-28-26-24-22-20-18-16-14-12-10-8-6-2/h13,15,45H,5-12,14,16-44H2,1-4H3/b15-13-. The molecule has 0 bridgehead atoms. The molecule has 0 aliphatic carbocycles. The molecule has 0 aromatic rings. The lowest BCUT2D eigenvalue weighted by Gasteiger charge is -2.17. The highest BCUT2D eigenvalue weighted by molar-refractivity contribution is 4.81. The van der Waals surface area contributed by atoms with Gasteiger partial charge >= 0.3 is 0 Å². The molecule has 0 aromatic carbocycles. The van der Waals surface area contributed by atoms with Gasteiger partial charge in [0, 0.05) is 0 Å². The van der Waals surface area contributed by atoms with Crippen molar-refractivity contribution in [3.63, 3.8) is 0 Å². The molecule has 1 atom stereocenters. The van der Waals surface area contributed by atoms with Crippen molar-refractivity contribution in [2.45, 2.75) is 251 Å². The van der Waals surface area contributed by atoms with Crippen molar-refractivity contribution >= 4 is 0 Å². The highest BCUT2D eigenvalue weighted by Crippen LogP contribution is 2.25. The average Bonchev–Trinajstić information content (AvgIpc) is 3.05. The first-order valence-electron chi connectivity index (χ1n) is 22.0. The van der Waals surface area contributed by atoms with Crippen LogP contribution in [0.3, 0.4) is 0 Å². The van der Waals surface area contributed by atoms with E-state index in [1.165, 1.54) is 244 Å². The van der Waals surface area contributed by atoms with Gasteiger partial charge in [-0.2, -0.15) is 0 Å². The van der Waals surface area contributed by atoms with Gasteiger partial charge in [0.25, 0.3) is 0 Å². The maximum atomic E-state index is 2.44. The van der Waals surface area contributed by atoms with Gasteiger partial charge in [0.05, 0.1) is 0 Å². The van der Waals surface area contributed by atoms with Gasteiger partial charge in [0.1, 0.15) is 0 Å². The molecule has 0 spiro atoms. The molecule has 0 saturated carbocycles. The molecule has 0 amide bonds. The fourth-order valence-corrected chi connectivity index (χ4v) is 7.31. The van der Waals surface area contributed by atoms with Crippen LogP contribution < -0.4 is 0 Å². The van der Waals surface area contributed by atoms with E-state index in [1.54, 1.807) is 0 Å². The van der Waals surface area contributed by atoms with Crippen molar-refractivity contribution < 1.29 is 0 Å². The summed E-state index contributed by atoms with van der Waals surface area (Å²) in [5.41, 5.74) is 0. The maximum Gasteiger partial charge on any atom is -0.00248 e. The Hall–Kier alpha value is -0.300. The lowest BCUT2D eigenvalue weighted by atomic mass is 9.89. The Labute approximate surface area is 294 Å². The van der Waals surface area contributed by atoms with Crippen LogP contribution in [0.15, 0.2) is 12.2 Å². The molecular weight excluding hydrogens is 555 g/mol. The second-order valence-corrected chi connectivity index (χ2v) is 15.7. The maximum absolute atomic E-state index is 2.44. The molecule has 0 fully saturated rings. The van der Waals surface area contributed by atoms with Gasteiger partial charge in [-0.1, -0.05) is 231 Å². The monoisotopic (exact) mass is 646 g/mol. The van der Waals surface area contributed by atoms with Gasteiger partial charge in [-0.15, -0.1) is 0 Å². The van der Waals surface area contributed by atoms with E-state index in [-0.39, 0.29) is 0 Å². The predicted molar refractivity (Wildman–Crippen MR) is 213 cm³/mol. The van der Waals surface area contributed by atoms with Crippen molar-refractivity contribution in [1.82, 2.24) is 4.90 Å². The van der Waals surface area contributed by atoms with Crippen molar-refractivity contribution in [1.29, 1.82) is 0 Å². The Kier molecular flexibility index (Phi) is 40.6. The molecule has 0 heterocycles. The minimum absolute atomic E-state index is 1.01. The Balaban J connectivity index is 3.80. The molecule has 0 aliphatic rings. The summed E-state index contributed by atoms with van der Waals surface area (Å²) in [7, 11) is 4.42. The second kappa shape index (κ2) is 40.9. The largest absolute Gasteiger partial charge is 0.309 e. The van der Waals surface area contributed by atoms with E-state index in [0.29, 0.717) is 0 Å². The molecule has 276 valence electrons. The van der Waals surface area contributed by atoms with E-state index in [2.05, 4.69) is 45.0 Å². The number of rotatable bonds is 40. The molecule has 0 aromatic heterocycles. The van der Waals surface area contributed by atoms with Crippen molar-refractivity contribution in [2.75, 3.05) is 20.6 Å². The lowest BCUT2D eigenvalue weighted by Crippen LogP contribution is -2.12. The second-order valence-electron chi connectivity index (χ2n) is 15.7. The van der Waals surface area contributed by atoms with Crippen molar-refractivity contribution in [3.8, 4) is 0 Å². The zero-order valence-corrected chi connectivity index (χ0v) is 33.0. The number of allylic oxidation sites excluding steroid dienone is 2. The van der Waals surface area contributed by atoms with Crippen molar-refractivity contribution in [2.24, 2.45) is 5.92 Å². The molecule has 0 rings (SSSR count). The van der Waals surface area contributed by atoms with E-state index >= 15 is 0 Å². The van der Waals surface area contributed by atoms with Gasteiger partial charge in [0.2, 0.25) is 0 Å². The van der Waals surface area contributed by atoms with Gasteiger partial charge in [-0.25, -0.2) is 0 Å². The summed E-state index contributed by atoms with van der Waals surface area (Å²) >= 11 is 0. The zero-order valence-electron chi connectivity index (χ0n) is 33.0. The van der Waals surface area contributed by atoms with Gasteiger partial charge < -0.3 is 4.90 Å². The SMILES string of the molecule is CCCCC/C=C\CCCCCCCCCCCC(CCCCCCCCCCCCCCCCCC)CCCCCCN(C)C. The van der Waals surface area contributed by atoms with Crippen LogP contribution in [0, 0.1) is 5.92 Å². The van der Waals surface area contributed by atoms with Crippen LogP contribution in [-0.4, -0.2) is 25.5 Å². The summed E-state index contributed by atoms with van der Waals surface area (Å²) in [6.07, 6.45) is 58.7. The van der Waals surface area contributed by atoms with Crippen LogP contribution in [-0.2, 0) is 0 Å². The third kappa shape index (κ3) is 39.9. The van der Waals surface area contributed by atoms with Crippen LogP contribution in [0.25, 0.3) is 0 Å². The minimum atomic E-state index is 1.01. The Morgan fingerprint density at radius 2 is 0.587 bits per heavy atom. The first-order chi connectivity index (χ1) is 22.7. The van der Waals surface area contributed by atoms with E-state index < -0.39 is 0 Å². The summed E-state index contributed by atoms with van der Waals surface area (Å²) in [5, 5.41) is 0. The number of hydrogen-bond acceptors (Lipinski definition) is 1. The zero-order chi connectivity index (χ0) is 33.4. The number of nitrogens with zero attached hydrogens (tertiary/aromatic N) is 1. The van der Waals surface area contributed by atoms with E-state index in [4.69, 9.17) is 0 Å². The lowest BCUT2D eigenvalue weighted by molar-refractivity contribution is 0.357. The highest BCUT2D eigenvalue weighted by atomic mass is 15.0. The van der Waals surface area contributed by atoms with E-state index in [0.717, 1.165) is 5.92 Å². The van der Waals surface area contributed by atoms with Gasteiger partial charge in [-0.05, 0) is 58.7 Å². The molecule has 1 heteroatoms. The first-order valence-corrected chi connectivity index (χ1v) is 22.0. The normalized spacial score (nSPS) is 12.6. The molecule has 0 radical (unpaired) electrons. The van der Waals surface area contributed by atoms with Crippen LogP contribution in [0.2, 0.25) is 0 Å². The number of hydrogen-bond donors (Lipinski definition) is 0. The fraction of sp³-hybridized carbons (Fsp3) is 0.956. The Morgan fingerprint density at radius 1 is 0.326 bits per heavy atom. The first kappa shape index (κ1) is 45.7. The molecular formula is C45H91N. The quantitative estimate of drug-likeness (QED) is 0.0473. The smallest absolute Gasteiger partial charge is 0.00248 e. The average molecular weight is 646 g/mol. The van der Waals surface area contributed by atoms with Gasteiger partial charge in [-0.3, -0.25) is 0 Å². The summed E-state index contributed by atoms with van der Waals surface area (Å²) in [6, 6.07) is 0. The summed E-state index contributed by atoms with van der Waals surface area (Å²) in [5.74, 6) is 1.01. The summed E-state index contributed by atoms with van der Waals surface area (Å²) in [4.78, 5) is 2.34.